The first-order chi connectivity index (χ1) is 7.33. The van der Waals surface area contributed by atoms with Crippen LogP contribution in [0.4, 0.5) is 0 Å². The van der Waals surface area contributed by atoms with E-state index in [1.54, 1.807) is 0 Å². The number of aliphatic hydroxyl groups excluding tert-OH is 1. The summed E-state index contributed by atoms with van der Waals surface area (Å²) in [6.07, 6.45) is 3.08. The average molecular weight is 225 g/mol. The Morgan fingerprint density at radius 3 is 3.13 bits per heavy atom. The summed E-state index contributed by atoms with van der Waals surface area (Å²) in [5, 5.41) is 11.1. The summed E-state index contributed by atoms with van der Waals surface area (Å²) in [5.74, 6) is 0.0729. The molecule has 1 aliphatic rings. The van der Waals surface area contributed by atoms with E-state index in [1.165, 1.54) is 11.3 Å². The van der Waals surface area contributed by atoms with Crippen LogP contribution in [-0.4, -0.2) is 35.1 Å². The summed E-state index contributed by atoms with van der Waals surface area (Å²) >= 11 is 1.46. The highest BCUT2D eigenvalue weighted by Crippen LogP contribution is 2.21. The molecule has 15 heavy (non-hydrogen) atoms. The van der Waals surface area contributed by atoms with Crippen molar-refractivity contribution in [3.05, 3.63) is 22.4 Å². The van der Waals surface area contributed by atoms with Crippen molar-refractivity contribution in [1.29, 1.82) is 0 Å². The highest BCUT2D eigenvalue weighted by Gasteiger charge is 2.27. The van der Waals surface area contributed by atoms with E-state index < -0.39 is 0 Å². The van der Waals surface area contributed by atoms with Crippen LogP contribution in [0.25, 0.3) is 0 Å². The van der Waals surface area contributed by atoms with Crippen LogP contribution in [0.1, 0.15) is 28.9 Å². The maximum atomic E-state index is 12.1. The summed E-state index contributed by atoms with van der Waals surface area (Å²) in [5.41, 5.74) is 0. The molecule has 1 aliphatic heterocycles. The molecule has 1 aromatic heterocycles. The van der Waals surface area contributed by atoms with Gasteiger partial charge in [0.2, 0.25) is 0 Å². The summed E-state index contributed by atoms with van der Waals surface area (Å²) in [4.78, 5) is 14.6. The quantitative estimate of drug-likeness (QED) is 0.832. The number of carbonyl (C=O) groups excluding carboxylic acids is 1. The van der Waals surface area contributed by atoms with Crippen molar-refractivity contribution >= 4 is 17.2 Å². The fourth-order valence-electron chi connectivity index (χ4n) is 2.00. The number of likely N-dealkylation sites (tertiary alicyclic amines) is 1. The predicted octanol–water partition coefficient (Wildman–Crippen LogP) is 1.74. The molecule has 0 aromatic carbocycles. The van der Waals surface area contributed by atoms with Gasteiger partial charge in [0, 0.05) is 6.54 Å². The fraction of sp³-hybridized carbons (Fsp3) is 0.545. The standard InChI is InChI=1S/C11H15NO2S/c13-8-9-4-1-2-6-12(9)11(14)10-5-3-7-15-10/h3,5,7,9,13H,1-2,4,6,8H2/t9-/m0/s1. The van der Waals surface area contributed by atoms with Gasteiger partial charge in [-0.25, -0.2) is 0 Å². The van der Waals surface area contributed by atoms with Crippen molar-refractivity contribution in [3.8, 4) is 0 Å². The van der Waals surface area contributed by atoms with E-state index in [4.69, 9.17) is 0 Å². The Hall–Kier alpha value is -0.870. The molecule has 1 aromatic rings. The minimum atomic E-state index is 0.0216. The summed E-state index contributed by atoms with van der Waals surface area (Å²) in [7, 11) is 0. The second-order valence-corrected chi connectivity index (χ2v) is 4.76. The maximum absolute atomic E-state index is 12.1. The molecule has 0 aliphatic carbocycles. The third-order valence-corrected chi connectivity index (χ3v) is 3.69. The lowest BCUT2D eigenvalue weighted by atomic mass is 10.0. The number of thiophene rings is 1. The van der Waals surface area contributed by atoms with E-state index in [0.29, 0.717) is 0 Å². The second kappa shape index (κ2) is 4.77. The molecule has 2 rings (SSSR count). The molecule has 0 unspecified atom stereocenters. The van der Waals surface area contributed by atoms with Crippen molar-refractivity contribution in [2.24, 2.45) is 0 Å². The Bertz CT molecular complexity index is 323. The van der Waals surface area contributed by atoms with Gasteiger partial charge in [-0.1, -0.05) is 6.07 Å². The second-order valence-electron chi connectivity index (χ2n) is 3.81. The summed E-state index contributed by atoms with van der Waals surface area (Å²) < 4.78 is 0. The van der Waals surface area contributed by atoms with Crippen LogP contribution in [0.5, 0.6) is 0 Å². The summed E-state index contributed by atoms with van der Waals surface area (Å²) in [6, 6.07) is 3.75. The molecular weight excluding hydrogens is 210 g/mol. The maximum Gasteiger partial charge on any atom is 0.264 e. The number of amides is 1. The van der Waals surface area contributed by atoms with Crippen LogP contribution in [-0.2, 0) is 0 Å². The number of hydrogen-bond acceptors (Lipinski definition) is 3. The molecule has 4 heteroatoms. The minimum Gasteiger partial charge on any atom is -0.394 e. The van der Waals surface area contributed by atoms with Gasteiger partial charge in [-0.2, -0.15) is 0 Å². The normalized spacial score (nSPS) is 21.7. The lowest BCUT2D eigenvalue weighted by molar-refractivity contribution is 0.0508. The van der Waals surface area contributed by atoms with Gasteiger partial charge in [-0.05, 0) is 30.7 Å². The Labute approximate surface area is 93.3 Å². The Balaban J connectivity index is 2.11. The number of nitrogens with zero attached hydrogens (tertiary/aromatic N) is 1. The van der Waals surface area contributed by atoms with Crippen LogP contribution in [0, 0.1) is 0 Å². The fourth-order valence-corrected chi connectivity index (χ4v) is 2.68. The molecule has 2 heterocycles. The van der Waals surface area contributed by atoms with Crippen molar-refractivity contribution < 1.29 is 9.90 Å². The highest BCUT2D eigenvalue weighted by atomic mass is 32.1. The van der Waals surface area contributed by atoms with E-state index in [1.807, 2.05) is 22.4 Å². The monoisotopic (exact) mass is 225 g/mol. The van der Waals surface area contributed by atoms with Crippen molar-refractivity contribution in [2.75, 3.05) is 13.2 Å². The van der Waals surface area contributed by atoms with Crippen LogP contribution >= 0.6 is 11.3 Å². The number of hydrogen-bond donors (Lipinski definition) is 1. The zero-order valence-corrected chi connectivity index (χ0v) is 9.37. The van der Waals surface area contributed by atoms with Gasteiger partial charge in [0.25, 0.3) is 5.91 Å². The average Bonchev–Trinajstić information content (AvgIpc) is 2.81. The molecule has 3 nitrogen and oxygen atoms in total. The molecule has 1 saturated heterocycles. The number of rotatable bonds is 2. The Kier molecular flexibility index (Phi) is 3.38. The van der Waals surface area contributed by atoms with Crippen molar-refractivity contribution in [1.82, 2.24) is 4.90 Å². The molecule has 0 spiro atoms. The topological polar surface area (TPSA) is 40.5 Å². The first kappa shape index (κ1) is 10.6. The lowest BCUT2D eigenvalue weighted by Gasteiger charge is -2.34. The summed E-state index contributed by atoms with van der Waals surface area (Å²) in [6.45, 7) is 0.860. The number of piperidine rings is 1. The van der Waals surface area contributed by atoms with Gasteiger partial charge in [-0.15, -0.1) is 11.3 Å². The van der Waals surface area contributed by atoms with Gasteiger partial charge in [0.05, 0.1) is 17.5 Å². The van der Waals surface area contributed by atoms with E-state index in [9.17, 15) is 9.90 Å². The minimum absolute atomic E-state index is 0.0216. The smallest absolute Gasteiger partial charge is 0.264 e. The Morgan fingerprint density at radius 1 is 1.60 bits per heavy atom. The first-order valence-corrected chi connectivity index (χ1v) is 6.16. The Morgan fingerprint density at radius 2 is 2.47 bits per heavy atom. The van der Waals surface area contributed by atoms with Crippen LogP contribution in [0.2, 0.25) is 0 Å². The first-order valence-electron chi connectivity index (χ1n) is 5.28. The third-order valence-electron chi connectivity index (χ3n) is 2.83. The van der Waals surface area contributed by atoms with Crippen molar-refractivity contribution in [3.63, 3.8) is 0 Å². The number of carbonyl (C=O) groups is 1. The zero-order valence-electron chi connectivity index (χ0n) is 8.56. The molecule has 0 radical (unpaired) electrons. The molecule has 0 bridgehead atoms. The van der Waals surface area contributed by atoms with Gasteiger partial charge < -0.3 is 10.0 Å². The highest BCUT2D eigenvalue weighted by molar-refractivity contribution is 7.12. The van der Waals surface area contributed by atoms with Crippen LogP contribution in [0.15, 0.2) is 17.5 Å². The molecule has 1 atom stereocenters. The number of aliphatic hydroxyl groups is 1. The largest absolute Gasteiger partial charge is 0.394 e. The predicted molar refractivity (Wildman–Crippen MR) is 60.1 cm³/mol. The van der Waals surface area contributed by atoms with Crippen molar-refractivity contribution in [2.45, 2.75) is 25.3 Å². The molecule has 0 saturated carbocycles. The van der Waals surface area contributed by atoms with E-state index in [2.05, 4.69) is 0 Å². The van der Waals surface area contributed by atoms with Gasteiger partial charge in [-0.3, -0.25) is 4.79 Å². The third kappa shape index (κ3) is 2.21. The van der Waals surface area contributed by atoms with Gasteiger partial charge in [0.1, 0.15) is 0 Å². The van der Waals surface area contributed by atoms with E-state index >= 15 is 0 Å². The van der Waals surface area contributed by atoms with E-state index in [0.717, 1.165) is 30.7 Å². The van der Waals surface area contributed by atoms with Crippen LogP contribution < -0.4 is 0 Å². The van der Waals surface area contributed by atoms with Gasteiger partial charge >= 0.3 is 0 Å². The molecule has 82 valence electrons. The van der Waals surface area contributed by atoms with Crippen LogP contribution in [0.3, 0.4) is 0 Å². The lowest BCUT2D eigenvalue weighted by Crippen LogP contribution is -2.45. The van der Waals surface area contributed by atoms with Gasteiger partial charge in [0.15, 0.2) is 0 Å². The molecular formula is C11H15NO2S. The molecule has 1 fully saturated rings. The molecule has 1 N–H and O–H groups in total. The zero-order chi connectivity index (χ0) is 10.7. The van der Waals surface area contributed by atoms with E-state index in [-0.39, 0.29) is 18.6 Å². The molecule has 1 amide bonds. The SMILES string of the molecule is O=C(c1cccs1)N1CCCC[C@H]1CO.